The maximum absolute atomic E-state index is 11.2. The average Bonchev–Trinajstić information content (AvgIpc) is 2.40. The van der Waals surface area contributed by atoms with Crippen LogP contribution < -0.4 is 10.0 Å². The zero-order valence-electron chi connectivity index (χ0n) is 11.4. The van der Waals surface area contributed by atoms with Crippen LogP contribution in [0, 0.1) is 6.92 Å². The quantitative estimate of drug-likeness (QED) is 0.929. The van der Waals surface area contributed by atoms with Gasteiger partial charge >= 0.3 is 0 Å². The number of nitrogens with two attached hydrogens (primary N) is 1. The second kappa shape index (κ2) is 5.60. The summed E-state index contributed by atoms with van der Waals surface area (Å²) in [5.74, 6) is 0.693. The summed E-state index contributed by atoms with van der Waals surface area (Å²) < 4.78 is 22.3. The van der Waals surface area contributed by atoms with Crippen molar-refractivity contribution in [1.82, 2.24) is 4.98 Å². The Hall–Kier alpha value is -1.92. The van der Waals surface area contributed by atoms with Crippen LogP contribution in [0.3, 0.4) is 0 Å². The number of anilines is 1. The number of aromatic nitrogens is 1. The molecule has 1 heterocycles. The first-order chi connectivity index (χ1) is 9.36. The minimum Gasteiger partial charge on any atom is -0.355 e. The Morgan fingerprint density at radius 1 is 1.15 bits per heavy atom. The fourth-order valence-corrected chi connectivity index (χ4v) is 2.27. The number of primary sulfonamides is 1. The van der Waals surface area contributed by atoms with Crippen LogP contribution in [-0.2, 0) is 16.6 Å². The van der Waals surface area contributed by atoms with Gasteiger partial charge in [-0.05, 0) is 24.6 Å². The monoisotopic (exact) mass is 291 g/mol. The van der Waals surface area contributed by atoms with Gasteiger partial charge in [-0.2, -0.15) is 0 Å². The van der Waals surface area contributed by atoms with Crippen LogP contribution in [0.15, 0.2) is 47.5 Å². The number of benzene rings is 1. The second-order valence-electron chi connectivity index (χ2n) is 4.74. The number of aryl methyl sites for hydroxylation is 1. The first-order valence-corrected chi connectivity index (χ1v) is 7.66. The van der Waals surface area contributed by atoms with E-state index in [1.54, 1.807) is 6.07 Å². The van der Waals surface area contributed by atoms with Crippen LogP contribution in [0.1, 0.15) is 11.1 Å². The summed E-state index contributed by atoms with van der Waals surface area (Å²) in [5, 5.41) is 5.04. The molecule has 1 aromatic heterocycles. The van der Waals surface area contributed by atoms with Crippen molar-refractivity contribution in [3.8, 4) is 0 Å². The van der Waals surface area contributed by atoms with E-state index in [0.717, 1.165) is 5.56 Å². The van der Waals surface area contributed by atoms with Gasteiger partial charge in [0, 0.05) is 19.8 Å². The van der Waals surface area contributed by atoms with E-state index < -0.39 is 10.0 Å². The summed E-state index contributed by atoms with van der Waals surface area (Å²) in [5.41, 5.74) is 2.38. The van der Waals surface area contributed by atoms with Crippen LogP contribution in [0.2, 0.25) is 0 Å². The normalized spacial score (nSPS) is 11.3. The molecule has 0 spiro atoms. The molecule has 0 fully saturated rings. The molecule has 0 aliphatic rings. The number of pyridine rings is 1. The summed E-state index contributed by atoms with van der Waals surface area (Å²) in [7, 11) is -1.79. The van der Waals surface area contributed by atoms with Crippen molar-refractivity contribution < 1.29 is 8.42 Å². The lowest BCUT2D eigenvalue weighted by Crippen LogP contribution is -2.18. The summed E-state index contributed by atoms with van der Waals surface area (Å²) in [6, 6.07) is 11.3. The van der Waals surface area contributed by atoms with Crippen molar-refractivity contribution in [2.45, 2.75) is 18.4 Å². The second-order valence-corrected chi connectivity index (χ2v) is 6.30. The first kappa shape index (κ1) is 14.5. The fraction of sp³-hybridized carbons (Fsp3) is 0.214. The number of rotatable bonds is 4. The van der Waals surface area contributed by atoms with E-state index in [1.165, 1.54) is 17.8 Å². The van der Waals surface area contributed by atoms with Crippen molar-refractivity contribution in [2.75, 3.05) is 11.9 Å². The van der Waals surface area contributed by atoms with Crippen LogP contribution >= 0.6 is 0 Å². The first-order valence-electron chi connectivity index (χ1n) is 6.12. The summed E-state index contributed by atoms with van der Waals surface area (Å²) >= 11 is 0. The molecule has 106 valence electrons. The maximum Gasteiger partial charge on any atom is 0.239 e. The maximum atomic E-state index is 11.2. The Bertz CT molecular complexity index is 679. The molecule has 0 saturated heterocycles. The summed E-state index contributed by atoms with van der Waals surface area (Å²) in [4.78, 5) is 6.09. The third-order valence-electron chi connectivity index (χ3n) is 2.98. The molecule has 2 N–H and O–H groups in total. The molecular formula is C14H17N3O2S. The minimum atomic E-state index is -3.69. The van der Waals surface area contributed by atoms with Crippen molar-refractivity contribution in [3.63, 3.8) is 0 Å². The van der Waals surface area contributed by atoms with E-state index >= 15 is 0 Å². The molecule has 0 atom stereocenters. The molecule has 1 aromatic carbocycles. The third-order valence-corrected chi connectivity index (χ3v) is 3.88. The van der Waals surface area contributed by atoms with E-state index in [0.29, 0.717) is 12.4 Å². The summed E-state index contributed by atoms with van der Waals surface area (Å²) in [6.45, 7) is 2.74. The number of sulfonamides is 1. The Labute approximate surface area is 119 Å². The van der Waals surface area contributed by atoms with Gasteiger partial charge in [-0.25, -0.2) is 18.5 Å². The van der Waals surface area contributed by atoms with Crippen molar-refractivity contribution in [3.05, 3.63) is 53.7 Å². The summed E-state index contributed by atoms with van der Waals surface area (Å²) in [6.07, 6.45) is 1.27. The van der Waals surface area contributed by atoms with E-state index in [2.05, 4.69) is 29.2 Å². The van der Waals surface area contributed by atoms with Crippen LogP contribution in [0.25, 0.3) is 0 Å². The van der Waals surface area contributed by atoms with Gasteiger partial charge in [0.25, 0.3) is 0 Å². The Kier molecular flexibility index (Phi) is 4.06. The van der Waals surface area contributed by atoms with E-state index in [9.17, 15) is 8.42 Å². The lowest BCUT2D eigenvalue weighted by Gasteiger charge is -2.18. The molecule has 0 unspecified atom stereocenters. The number of hydrogen-bond donors (Lipinski definition) is 1. The van der Waals surface area contributed by atoms with Gasteiger partial charge in [-0.3, -0.25) is 0 Å². The van der Waals surface area contributed by atoms with Gasteiger partial charge in [0.2, 0.25) is 10.0 Å². The zero-order chi connectivity index (χ0) is 14.8. The number of nitrogens with zero attached hydrogens (tertiary/aromatic N) is 2. The van der Waals surface area contributed by atoms with Crippen molar-refractivity contribution in [1.29, 1.82) is 0 Å². The predicted octanol–water partition coefficient (Wildman–Crippen LogP) is 1.67. The van der Waals surface area contributed by atoms with Crippen molar-refractivity contribution >= 4 is 15.8 Å². The SMILES string of the molecule is Cc1ccc(CN(C)c2ccc(S(N)(=O)=O)cn2)cc1. The molecule has 5 nitrogen and oxygen atoms in total. The molecule has 20 heavy (non-hydrogen) atoms. The molecular weight excluding hydrogens is 274 g/mol. The van der Waals surface area contributed by atoms with E-state index in [-0.39, 0.29) is 4.90 Å². The largest absolute Gasteiger partial charge is 0.355 e. The standard InChI is InChI=1S/C14H17N3O2S/c1-11-3-5-12(6-4-11)10-17(2)14-8-7-13(9-16-14)20(15,18)19/h3-9H,10H2,1-2H3,(H2,15,18,19). The van der Waals surface area contributed by atoms with Crippen LogP contribution in [-0.4, -0.2) is 20.4 Å². The molecule has 0 saturated carbocycles. The third kappa shape index (κ3) is 3.55. The fourth-order valence-electron chi connectivity index (χ4n) is 1.81. The van der Waals surface area contributed by atoms with Gasteiger partial charge < -0.3 is 4.90 Å². The lowest BCUT2D eigenvalue weighted by atomic mass is 10.1. The Morgan fingerprint density at radius 3 is 2.30 bits per heavy atom. The predicted molar refractivity (Wildman–Crippen MR) is 78.9 cm³/mol. The smallest absolute Gasteiger partial charge is 0.239 e. The molecule has 6 heteroatoms. The van der Waals surface area contributed by atoms with E-state index in [1.807, 2.05) is 18.9 Å². The van der Waals surface area contributed by atoms with Gasteiger partial charge in [-0.15, -0.1) is 0 Å². The van der Waals surface area contributed by atoms with Gasteiger partial charge in [0.05, 0.1) is 0 Å². The lowest BCUT2D eigenvalue weighted by molar-refractivity contribution is 0.597. The van der Waals surface area contributed by atoms with Gasteiger partial charge in [0.15, 0.2) is 0 Å². The number of hydrogen-bond acceptors (Lipinski definition) is 4. The van der Waals surface area contributed by atoms with Crippen LogP contribution in [0.4, 0.5) is 5.82 Å². The van der Waals surface area contributed by atoms with Crippen molar-refractivity contribution in [2.24, 2.45) is 5.14 Å². The molecule has 2 aromatic rings. The Morgan fingerprint density at radius 2 is 1.80 bits per heavy atom. The zero-order valence-corrected chi connectivity index (χ0v) is 12.3. The Balaban J connectivity index is 2.13. The highest BCUT2D eigenvalue weighted by molar-refractivity contribution is 7.89. The molecule has 0 radical (unpaired) electrons. The highest BCUT2D eigenvalue weighted by Crippen LogP contribution is 2.15. The molecule has 0 aliphatic heterocycles. The average molecular weight is 291 g/mol. The topological polar surface area (TPSA) is 76.3 Å². The minimum absolute atomic E-state index is 0.0185. The molecule has 0 aliphatic carbocycles. The highest BCUT2D eigenvalue weighted by Gasteiger charge is 2.09. The van der Waals surface area contributed by atoms with Gasteiger partial charge in [0.1, 0.15) is 10.7 Å². The van der Waals surface area contributed by atoms with E-state index in [4.69, 9.17) is 5.14 Å². The van der Waals surface area contributed by atoms with Gasteiger partial charge in [-0.1, -0.05) is 29.8 Å². The molecule has 0 bridgehead atoms. The molecule has 0 amide bonds. The highest BCUT2D eigenvalue weighted by atomic mass is 32.2. The molecule has 2 rings (SSSR count). The van der Waals surface area contributed by atoms with Crippen LogP contribution in [0.5, 0.6) is 0 Å².